The molecule has 5 rings (SSSR count). The summed E-state index contributed by atoms with van der Waals surface area (Å²) in [6, 6.07) is 13.9. The van der Waals surface area contributed by atoms with E-state index in [2.05, 4.69) is 68.2 Å². The molecule has 5 heteroatoms. The van der Waals surface area contributed by atoms with Gasteiger partial charge in [0.05, 0.1) is 18.2 Å². The van der Waals surface area contributed by atoms with Crippen molar-refractivity contribution in [3.8, 4) is 0 Å². The molecule has 1 saturated heterocycles. The van der Waals surface area contributed by atoms with Gasteiger partial charge in [-0.05, 0) is 84.6 Å². The van der Waals surface area contributed by atoms with Crippen molar-refractivity contribution in [2.24, 2.45) is 0 Å². The van der Waals surface area contributed by atoms with Gasteiger partial charge in [0, 0.05) is 24.8 Å². The molecule has 1 aromatic carbocycles. The molecule has 0 bridgehead atoms. The first-order valence-corrected chi connectivity index (χ1v) is 13.6. The molecule has 2 fully saturated rings. The fourth-order valence-electron chi connectivity index (χ4n) is 6.69. The Balaban J connectivity index is 1.47. The van der Waals surface area contributed by atoms with Crippen LogP contribution < -0.4 is 10.2 Å². The molecule has 0 spiro atoms. The number of nitrogens with one attached hydrogen (secondary N) is 1. The van der Waals surface area contributed by atoms with Crippen molar-refractivity contribution >= 4 is 5.82 Å². The van der Waals surface area contributed by atoms with E-state index in [1.807, 2.05) is 12.3 Å². The molecule has 5 atom stereocenters. The molecule has 2 aliphatic carbocycles. The van der Waals surface area contributed by atoms with E-state index < -0.39 is 12.2 Å². The quantitative estimate of drug-likeness (QED) is 0.578. The summed E-state index contributed by atoms with van der Waals surface area (Å²) in [5, 5.41) is 24.5. The number of piperidine rings is 1. The maximum absolute atomic E-state index is 10.6. The average molecular weight is 478 g/mol. The molecule has 3 aliphatic rings. The second-order valence-corrected chi connectivity index (χ2v) is 12.5. The zero-order valence-electron chi connectivity index (χ0n) is 21.9. The summed E-state index contributed by atoms with van der Waals surface area (Å²) in [5.41, 5.74) is 4.72. The lowest BCUT2D eigenvalue weighted by Crippen LogP contribution is -2.55. The van der Waals surface area contributed by atoms with E-state index in [1.54, 1.807) is 0 Å². The molecule has 1 aliphatic heterocycles. The van der Waals surface area contributed by atoms with Gasteiger partial charge in [-0.3, -0.25) is 0 Å². The van der Waals surface area contributed by atoms with Gasteiger partial charge >= 0.3 is 0 Å². The summed E-state index contributed by atoms with van der Waals surface area (Å²) < 4.78 is 0. The van der Waals surface area contributed by atoms with Crippen LogP contribution in [0.3, 0.4) is 0 Å². The molecule has 5 nitrogen and oxygen atoms in total. The highest BCUT2D eigenvalue weighted by atomic mass is 16.3. The van der Waals surface area contributed by atoms with Gasteiger partial charge in [0.1, 0.15) is 5.82 Å². The first-order chi connectivity index (χ1) is 16.7. The smallest absolute Gasteiger partial charge is 0.128 e. The number of fused-ring (bicyclic) bond motifs is 1. The minimum absolute atomic E-state index is 0.0333. The predicted octanol–water partition coefficient (Wildman–Crippen LogP) is 5.00. The van der Waals surface area contributed by atoms with Crippen LogP contribution in [0, 0.1) is 0 Å². The zero-order chi connectivity index (χ0) is 24.8. The minimum Gasteiger partial charge on any atom is -0.390 e. The molecule has 0 amide bonds. The number of benzene rings is 1. The molecule has 3 N–H and O–H groups in total. The third-order valence-corrected chi connectivity index (χ3v) is 9.08. The molecule has 35 heavy (non-hydrogen) atoms. The Morgan fingerprint density at radius 1 is 0.943 bits per heavy atom. The normalized spacial score (nSPS) is 32.2. The lowest BCUT2D eigenvalue weighted by atomic mass is 9.62. The summed E-state index contributed by atoms with van der Waals surface area (Å²) in [6.45, 7) is 10.5. The van der Waals surface area contributed by atoms with Gasteiger partial charge in [0.25, 0.3) is 0 Å². The van der Waals surface area contributed by atoms with Crippen molar-refractivity contribution in [1.82, 2.24) is 10.3 Å². The van der Waals surface area contributed by atoms with Gasteiger partial charge in [-0.15, -0.1) is 0 Å². The lowest BCUT2D eigenvalue weighted by molar-refractivity contribution is -0.0327. The van der Waals surface area contributed by atoms with Crippen molar-refractivity contribution in [3.63, 3.8) is 0 Å². The number of anilines is 1. The van der Waals surface area contributed by atoms with Crippen molar-refractivity contribution in [2.45, 2.75) is 114 Å². The molecule has 2 heterocycles. The number of aliphatic hydroxyl groups excluding tert-OH is 2. The fraction of sp³-hybridized carbons (Fsp3) is 0.633. The van der Waals surface area contributed by atoms with Crippen LogP contribution >= 0.6 is 0 Å². The SMILES string of the molecule is CC1(C)CCC(C)(C)c2cc(C3CC(N[C@H]4CCC[C@H](O)[C@@H]4O)CCN3c3ccccn3)ccc21. The maximum atomic E-state index is 10.6. The predicted molar refractivity (Wildman–Crippen MR) is 142 cm³/mol. The van der Waals surface area contributed by atoms with Gasteiger partial charge in [-0.25, -0.2) is 4.98 Å². The van der Waals surface area contributed by atoms with Gasteiger partial charge in [-0.1, -0.05) is 52.0 Å². The third-order valence-electron chi connectivity index (χ3n) is 9.08. The summed E-state index contributed by atoms with van der Waals surface area (Å²) in [6.07, 6.45) is 7.55. The van der Waals surface area contributed by atoms with Crippen LogP contribution in [0.4, 0.5) is 5.82 Å². The Morgan fingerprint density at radius 2 is 1.71 bits per heavy atom. The second-order valence-electron chi connectivity index (χ2n) is 12.5. The van der Waals surface area contributed by atoms with Crippen LogP contribution in [0.15, 0.2) is 42.6 Å². The number of rotatable bonds is 4. The number of nitrogens with zero attached hydrogens (tertiary/aromatic N) is 2. The highest BCUT2D eigenvalue weighted by Gasteiger charge is 2.39. The Morgan fingerprint density at radius 3 is 2.46 bits per heavy atom. The Labute approximate surface area is 211 Å². The second kappa shape index (κ2) is 9.49. The van der Waals surface area contributed by atoms with E-state index in [4.69, 9.17) is 4.98 Å². The van der Waals surface area contributed by atoms with Crippen molar-refractivity contribution in [1.29, 1.82) is 0 Å². The minimum atomic E-state index is -0.678. The molecular formula is C30H43N3O2. The summed E-state index contributed by atoms with van der Waals surface area (Å²) in [4.78, 5) is 7.18. The van der Waals surface area contributed by atoms with Gasteiger partial charge in [-0.2, -0.15) is 0 Å². The Bertz CT molecular complexity index is 1020. The zero-order valence-corrected chi connectivity index (χ0v) is 21.9. The maximum Gasteiger partial charge on any atom is 0.128 e. The molecule has 0 radical (unpaired) electrons. The largest absolute Gasteiger partial charge is 0.390 e. The number of hydrogen-bond acceptors (Lipinski definition) is 5. The lowest BCUT2D eigenvalue weighted by Gasteiger charge is -2.45. The van der Waals surface area contributed by atoms with Crippen LogP contribution in [0.1, 0.15) is 95.4 Å². The van der Waals surface area contributed by atoms with E-state index in [-0.39, 0.29) is 22.9 Å². The van der Waals surface area contributed by atoms with E-state index >= 15 is 0 Å². The van der Waals surface area contributed by atoms with Gasteiger partial charge < -0.3 is 20.4 Å². The fourth-order valence-corrected chi connectivity index (χ4v) is 6.69. The van der Waals surface area contributed by atoms with Crippen molar-refractivity contribution < 1.29 is 10.2 Å². The first-order valence-electron chi connectivity index (χ1n) is 13.6. The summed E-state index contributed by atoms with van der Waals surface area (Å²) in [5.74, 6) is 1.03. The molecule has 2 unspecified atom stereocenters. The van der Waals surface area contributed by atoms with E-state index in [9.17, 15) is 10.2 Å². The van der Waals surface area contributed by atoms with E-state index in [1.165, 1.54) is 29.5 Å². The number of aromatic nitrogens is 1. The third kappa shape index (κ3) is 4.87. The average Bonchev–Trinajstić information content (AvgIpc) is 2.85. The summed E-state index contributed by atoms with van der Waals surface area (Å²) >= 11 is 0. The standard InChI is InChI=1S/C30H43N3O2/c1-29(2)14-15-30(3,4)23-18-20(11-12-22(23)29)25-19-21(32-24-8-7-9-26(34)28(24)35)13-17-33(25)27-10-5-6-16-31-27/h5-6,10-12,16,18,21,24-26,28,32,34-35H,7-9,13-15,17,19H2,1-4H3/t21?,24-,25?,26-,28+/m0/s1. The number of pyridine rings is 1. The summed E-state index contributed by atoms with van der Waals surface area (Å²) in [7, 11) is 0. The Hall–Kier alpha value is -1.95. The monoisotopic (exact) mass is 477 g/mol. The molecule has 1 aromatic heterocycles. The van der Waals surface area contributed by atoms with E-state index in [0.717, 1.165) is 38.0 Å². The van der Waals surface area contributed by atoms with Gasteiger partial charge in [0.15, 0.2) is 0 Å². The topological polar surface area (TPSA) is 68.6 Å². The van der Waals surface area contributed by atoms with Gasteiger partial charge in [0.2, 0.25) is 0 Å². The van der Waals surface area contributed by atoms with Crippen LogP contribution in [0.5, 0.6) is 0 Å². The first kappa shape index (κ1) is 24.7. The van der Waals surface area contributed by atoms with Crippen molar-refractivity contribution in [2.75, 3.05) is 11.4 Å². The van der Waals surface area contributed by atoms with Crippen LogP contribution in [0.25, 0.3) is 0 Å². The van der Waals surface area contributed by atoms with Crippen molar-refractivity contribution in [3.05, 3.63) is 59.3 Å². The number of hydrogen-bond donors (Lipinski definition) is 3. The molecular weight excluding hydrogens is 434 g/mol. The Kier molecular flexibility index (Phi) is 6.71. The molecule has 190 valence electrons. The van der Waals surface area contributed by atoms with Crippen LogP contribution in [-0.2, 0) is 10.8 Å². The molecule has 1 saturated carbocycles. The van der Waals surface area contributed by atoms with E-state index in [0.29, 0.717) is 12.5 Å². The number of aliphatic hydroxyl groups is 2. The highest BCUT2D eigenvalue weighted by Crippen LogP contribution is 2.47. The van der Waals surface area contributed by atoms with Crippen LogP contribution in [-0.4, -0.2) is 46.0 Å². The highest BCUT2D eigenvalue weighted by molar-refractivity contribution is 5.48. The molecule has 2 aromatic rings. The van der Waals surface area contributed by atoms with Crippen LogP contribution in [0.2, 0.25) is 0 Å².